The van der Waals surface area contributed by atoms with E-state index >= 15 is 0 Å². The first-order valence-corrected chi connectivity index (χ1v) is 8.63. The third-order valence-electron chi connectivity index (χ3n) is 5.73. The third kappa shape index (κ3) is 3.32. The Morgan fingerprint density at radius 2 is 1.76 bits per heavy atom. The van der Waals surface area contributed by atoms with Gasteiger partial charge in [0, 0.05) is 13.2 Å². The average Bonchev–Trinajstić information content (AvgIpc) is 2.52. The number of benzene rings is 1. The van der Waals surface area contributed by atoms with Crippen LogP contribution in [0.4, 0.5) is 0 Å². The lowest BCUT2D eigenvalue weighted by Crippen LogP contribution is -2.41. The van der Waals surface area contributed by atoms with Crippen LogP contribution in [0.1, 0.15) is 80.9 Å². The molecular weight excluding hydrogens is 258 g/mol. The second kappa shape index (κ2) is 6.50. The highest BCUT2D eigenvalue weighted by Gasteiger charge is 2.38. The van der Waals surface area contributed by atoms with Crippen molar-refractivity contribution in [1.29, 1.82) is 0 Å². The maximum atomic E-state index is 6.41. The minimum Gasteiger partial charge on any atom is -0.378 e. The van der Waals surface area contributed by atoms with Crippen LogP contribution in [-0.4, -0.2) is 12.7 Å². The zero-order valence-corrected chi connectivity index (χ0v) is 13.3. The number of hydrogen-bond acceptors (Lipinski definition) is 2. The van der Waals surface area contributed by atoms with Gasteiger partial charge in [-0.1, -0.05) is 43.5 Å². The summed E-state index contributed by atoms with van der Waals surface area (Å²) in [4.78, 5) is 0. The first-order valence-electron chi connectivity index (χ1n) is 8.63. The molecule has 2 aliphatic rings. The standard InChI is InChI=1S/C19H29NO/c1-21-19(12-5-13-19)14-18(20)17-10-8-16(9-11-17)15-6-3-2-4-7-15/h8-11,15,18H,2-7,12-14,20H2,1H3. The van der Waals surface area contributed by atoms with Crippen molar-refractivity contribution in [3.8, 4) is 0 Å². The van der Waals surface area contributed by atoms with Gasteiger partial charge in [-0.05, 0) is 55.6 Å². The summed E-state index contributed by atoms with van der Waals surface area (Å²) in [5.41, 5.74) is 9.24. The van der Waals surface area contributed by atoms with Gasteiger partial charge in [0.2, 0.25) is 0 Å². The fourth-order valence-electron chi connectivity index (χ4n) is 4.03. The van der Waals surface area contributed by atoms with Crippen molar-refractivity contribution in [1.82, 2.24) is 0 Å². The maximum absolute atomic E-state index is 6.41. The number of methoxy groups -OCH3 is 1. The first kappa shape index (κ1) is 15.1. The van der Waals surface area contributed by atoms with Gasteiger partial charge in [-0.25, -0.2) is 0 Å². The van der Waals surface area contributed by atoms with E-state index < -0.39 is 0 Å². The molecule has 0 bridgehead atoms. The minimum absolute atomic E-state index is 0.0570. The monoisotopic (exact) mass is 287 g/mol. The molecule has 3 rings (SSSR count). The lowest BCUT2D eigenvalue weighted by atomic mass is 9.74. The van der Waals surface area contributed by atoms with E-state index in [9.17, 15) is 0 Å². The van der Waals surface area contributed by atoms with Crippen LogP contribution in [0.15, 0.2) is 24.3 Å². The van der Waals surface area contributed by atoms with Crippen LogP contribution >= 0.6 is 0 Å². The van der Waals surface area contributed by atoms with E-state index in [1.807, 2.05) is 7.11 Å². The molecule has 1 atom stereocenters. The average molecular weight is 287 g/mol. The Morgan fingerprint density at radius 1 is 1.10 bits per heavy atom. The Labute approximate surface area is 129 Å². The van der Waals surface area contributed by atoms with Gasteiger partial charge >= 0.3 is 0 Å². The van der Waals surface area contributed by atoms with E-state index in [-0.39, 0.29) is 11.6 Å². The number of hydrogen-bond donors (Lipinski definition) is 1. The Bertz CT molecular complexity index is 438. The molecule has 0 spiro atoms. The highest BCUT2D eigenvalue weighted by molar-refractivity contribution is 5.28. The van der Waals surface area contributed by atoms with E-state index in [0.29, 0.717) is 0 Å². The molecular formula is C19H29NO. The predicted octanol–water partition coefficient (Wildman–Crippen LogP) is 4.69. The van der Waals surface area contributed by atoms with Crippen molar-refractivity contribution < 1.29 is 4.74 Å². The molecule has 2 aliphatic carbocycles. The maximum Gasteiger partial charge on any atom is 0.0696 e. The minimum atomic E-state index is 0.0570. The van der Waals surface area contributed by atoms with Gasteiger partial charge in [-0.15, -0.1) is 0 Å². The van der Waals surface area contributed by atoms with Crippen molar-refractivity contribution in [2.45, 2.75) is 75.3 Å². The van der Waals surface area contributed by atoms with Crippen molar-refractivity contribution in [3.05, 3.63) is 35.4 Å². The summed E-state index contributed by atoms with van der Waals surface area (Å²) in [5.74, 6) is 0.779. The summed E-state index contributed by atoms with van der Waals surface area (Å²) in [6.45, 7) is 0. The molecule has 0 saturated heterocycles. The second-order valence-electron chi connectivity index (χ2n) is 7.05. The molecule has 21 heavy (non-hydrogen) atoms. The van der Waals surface area contributed by atoms with Crippen LogP contribution in [0.5, 0.6) is 0 Å². The number of ether oxygens (including phenoxy) is 1. The molecule has 2 N–H and O–H groups in total. The van der Waals surface area contributed by atoms with Gasteiger partial charge in [-0.2, -0.15) is 0 Å². The van der Waals surface area contributed by atoms with Crippen LogP contribution in [-0.2, 0) is 4.74 Å². The molecule has 2 heteroatoms. The predicted molar refractivity (Wildman–Crippen MR) is 87.4 cm³/mol. The number of nitrogens with two attached hydrogens (primary N) is 1. The Kier molecular flexibility index (Phi) is 4.66. The second-order valence-corrected chi connectivity index (χ2v) is 7.05. The van der Waals surface area contributed by atoms with Crippen LogP contribution in [0, 0.1) is 0 Å². The van der Waals surface area contributed by atoms with Gasteiger partial charge < -0.3 is 10.5 Å². The smallest absolute Gasteiger partial charge is 0.0696 e. The van der Waals surface area contributed by atoms with Gasteiger partial charge in [0.25, 0.3) is 0 Å². The van der Waals surface area contributed by atoms with E-state index in [2.05, 4.69) is 24.3 Å². The molecule has 2 saturated carbocycles. The lowest BCUT2D eigenvalue weighted by molar-refractivity contribution is -0.0816. The van der Waals surface area contributed by atoms with Crippen molar-refractivity contribution in [2.24, 2.45) is 5.73 Å². The molecule has 0 radical (unpaired) electrons. The third-order valence-corrected chi connectivity index (χ3v) is 5.73. The van der Waals surface area contributed by atoms with Crippen LogP contribution in [0.25, 0.3) is 0 Å². The fourth-order valence-corrected chi connectivity index (χ4v) is 4.03. The topological polar surface area (TPSA) is 35.2 Å². The zero-order chi connectivity index (χ0) is 14.7. The summed E-state index contributed by atoms with van der Waals surface area (Å²) < 4.78 is 5.70. The molecule has 1 aromatic rings. The van der Waals surface area contributed by atoms with Crippen molar-refractivity contribution in [2.75, 3.05) is 7.11 Å². The van der Waals surface area contributed by atoms with E-state index in [4.69, 9.17) is 10.5 Å². The molecule has 0 aliphatic heterocycles. The largest absolute Gasteiger partial charge is 0.378 e. The molecule has 0 heterocycles. The Hall–Kier alpha value is -0.860. The van der Waals surface area contributed by atoms with Gasteiger partial charge in [0.15, 0.2) is 0 Å². The summed E-state index contributed by atoms with van der Waals surface area (Å²) >= 11 is 0. The quantitative estimate of drug-likeness (QED) is 0.852. The van der Waals surface area contributed by atoms with E-state index in [0.717, 1.165) is 25.2 Å². The highest BCUT2D eigenvalue weighted by Crippen LogP contribution is 2.41. The van der Waals surface area contributed by atoms with Crippen molar-refractivity contribution in [3.63, 3.8) is 0 Å². The SMILES string of the molecule is COC1(CC(N)c2ccc(C3CCCCC3)cc2)CCC1. The summed E-state index contributed by atoms with van der Waals surface area (Å²) in [6.07, 6.45) is 11.5. The molecule has 1 unspecified atom stereocenters. The van der Waals surface area contributed by atoms with E-state index in [1.165, 1.54) is 49.7 Å². The van der Waals surface area contributed by atoms with E-state index in [1.54, 1.807) is 0 Å². The summed E-state index contributed by atoms with van der Waals surface area (Å²) in [6, 6.07) is 9.22. The zero-order valence-electron chi connectivity index (χ0n) is 13.3. The molecule has 0 aromatic heterocycles. The molecule has 0 amide bonds. The van der Waals surface area contributed by atoms with Gasteiger partial charge in [0.05, 0.1) is 5.60 Å². The molecule has 116 valence electrons. The normalized spacial score (nSPS) is 23.5. The summed E-state index contributed by atoms with van der Waals surface area (Å²) in [7, 11) is 1.83. The highest BCUT2D eigenvalue weighted by atomic mass is 16.5. The van der Waals surface area contributed by atoms with Gasteiger partial charge in [0.1, 0.15) is 0 Å². The molecule has 2 nitrogen and oxygen atoms in total. The molecule has 2 fully saturated rings. The van der Waals surface area contributed by atoms with Gasteiger partial charge in [-0.3, -0.25) is 0 Å². The summed E-state index contributed by atoms with van der Waals surface area (Å²) in [5, 5.41) is 0. The Balaban J connectivity index is 1.63. The van der Waals surface area contributed by atoms with Crippen LogP contribution < -0.4 is 5.73 Å². The lowest BCUT2D eigenvalue weighted by Gasteiger charge is -2.42. The van der Waals surface area contributed by atoms with Crippen LogP contribution in [0.3, 0.4) is 0 Å². The molecule has 1 aromatic carbocycles. The van der Waals surface area contributed by atoms with Crippen molar-refractivity contribution >= 4 is 0 Å². The number of rotatable bonds is 5. The Morgan fingerprint density at radius 3 is 2.29 bits per heavy atom. The van der Waals surface area contributed by atoms with Crippen LogP contribution in [0.2, 0.25) is 0 Å². The fraction of sp³-hybridized carbons (Fsp3) is 0.684. The first-order chi connectivity index (χ1) is 10.2.